The molecule has 0 bridgehead atoms. The topological polar surface area (TPSA) is 63.2 Å². The molecule has 7 heteroatoms. The summed E-state index contributed by atoms with van der Waals surface area (Å²) in [6.07, 6.45) is 1.62. The lowest BCUT2D eigenvalue weighted by Gasteiger charge is -2.25. The first kappa shape index (κ1) is 15.2. The van der Waals surface area contributed by atoms with E-state index in [0.717, 1.165) is 11.3 Å². The van der Waals surface area contributed by atoms with Gasteiger partial charge in [0.1, 0.15) is 11.6 Å². The molecule has 2 heterocycles. The van der Waals surface area contributed by atoms with Gasteiger partial charge in [-0.15, -0.1) is 0 Å². The van der Waals surface area contributed by atoms with Crippen molar-refractivity contribution in [2.24, 2.45) is 0 Å². The fourth-order valence-electron chi connectivity index (χ4n) is 2.57. The standard InChI is InChI=1S/C16H15F2N3O2/c17-16(18)23-11-5-6-14(20-9-11)19-8-10-7-15(22)21-13-4-2-1-3-12(10)13/h1-6,9-10,16H,7-8H2,(H,19,20)(H,21,22). The van der Waals surface area contributed by atoms with Crippen LogP contribution in [-0.2, 0) is 4.79 Å². The molecule has 1 aromatic carbocycles. The van der Waals surface area contributed by atoms with Crippen LogP contribution in [0.3, 0.4) is 0 Å². The number of nitrogens with zero attached hydrogens (tertiary/aromatic N) is 1. The molecule has 1 aliphatic heterocycles. The second kappa shape index (κ2) is 6.60. The molecule has 1 unspecified atom stereocenters. The second-order valence-electron chi connectivity index (χ2n) is 5.18. The first-order chi connectivity index (χ1) is 11.1. The average molecular weight is 319 g/mol. The summed E-state index contributed by atoms with van der Waals surface area (Å²) >= 11 is 0. The number of para-hydroxylation sites is 1. The summed E-state index contributed by atoms with van der Waals surface area (Å²) in [7, 11) is 0. The Morgan fingerprint density at radius 1 is 1.30 bits per heavy atom. The number of alkyl halides is 2. The van der Waals surface area contributed by atoms with Crippen molar-refractivity contribution in [3.8, 4) is 5.75 Å². The van der Waals surface area contributed by atoms with Gasteiger partial charge < -0.3 is 15.4 Å². The molecule has 1 amide bonds. The van der Waals surface area contributed by atoms with Gasteiger partial charge in [-0.3, -0.25) is 4.79 Å². The van der Waals surface area contributed by atoms with Crippen molar-refractivity contribution in [2.75, 3.05) is 17.2 Å². The van der Waals surface area contributed by atoms with Crippen LogP contribution in [0.5, 0.6) is 5.75 Å². The zero-order valence-corrected chi connectivity index (χ0v) is 12.1. The largest absolute Gasteiger partial charge is 0.433 e. The first-order valence-corrected chi connectivity index (χ1v) is 7.15. The molecule has 120 valence electrons. The molecule has 1 aliphatic rings. The molecule has 5 nitrogen and oxygen atoms in total. The number of rotatable bonds is 5. The zero-order chi connectivity index (χ0) is 16.2. The van der Waals surface area contributed by atoms with E-state index in [9.17, 15) is 13.6 Å². The van der Waals surface area contributed by atoms with Crippen LogP contribution in [0.15, 0.2) is 42.6 Å². The van der Waals surface area contributed by atoms with E-state index >= 15 is 0 Å². The van der Waals surface area contributed by atoms with E-state index in [1.165, 1.54) is 12.3 Å². The molecule has 3 rings (SSSR count). The lowest BCUT2D eigenvalue weighted by molar-refractivity contribution is -0.116. The maximum atomic E-state index is 12.1. The summed E-state index contributed by atoms with van der Waals surface area (Å²) < 4.78 is 28.4. The summed E-state index contributed by atoms with van der Waals surface area (Å²) in [6, 6.07) is 10.6. The number of anilines is 2. The Bertz CT molecular complexity index is 692. The predicted molar refractivity (Wildman–Crippen MR) is 81.8 cm³/mol. The molecule has 0 radical (unpaired) electrons. The van der Waals surface area contributed by atoms with E-state index in [2.05, 4.69) is 20.4 Å². The van der Waals surface area contributed by atoms with E-state index in [4.69, 9.17) is 0 Å². The maximum Gasteiger partial charge on any atom is 0.387 e. The number of hydrogen-bond acceptors (Lipinski definition) is 4. The Morgan fingerprint density at radius 2 is 2.13 bits per heavy atom. The first-order valence-electron chi connectivity index (χ1n) is 7.15. The number of nitrogens with one attached hydrogen (secondary N) is 2. The normalized spacial score (nSPS) is 16.7. The molecule has 0 spiro atoms. The van der Waals surface area contributed by atoms with Gasteiger partial charge in [0, 0.05) is 24.6 Å². The highest BCUT2D eigenvalue weighted by atomic mass is 19.3. The number of ether oxygens (including phenoxy) is 1. The number of pyridine rings is 1. The van der Waals surface area contributed by atoms with Crippen molar-refractivity contribution in [3.05, 3.63) is 48.2 Å². The van der Waals surface area contributed by atoms with Gasteiger partial charge in [0.05, 0.1) is 6.20 Å². The maximum absolute atomic E-state index is 12.1. The summed E-state index contributed by atoms with van der Waals surface area (Å²) in [5.41, 5.74) is 1.89. The van der Waals surface area contributed by atoms with Crippen molar-refractivity contribution in [2.45, 2.75) is 19.0 Å². The van der Waals surface area contributed by atoms with Crippen LogP contribution in [0.2, 0.25) is 0 Å². The van der Waals surface area contributed by atoms with Crippen LogP contribution < -0.4 is 15.4 Å². The van der Waals surface area contributed by atoms with E-state index < -0.39 is 6.61 Å². The number of benzene rings is 1. The Kier molecular flexibility index (Phi) is 4.36. The summed E-state index contributed by atoms with van der Waals surface area (Å²) in [6.45, 7) is -2.35. The zero-order valence-electron chi connectivity index (χ0n) is 12.1. The number of hydrogen-bond donors (Lipinski definition) is 2. The van der Waals surface area contributed by atoms with E-state index in [1.54, 1.807) is 6.07 Å². The third-order valence-electron chi connectivity index (χ3n) is 3.60. The van der Waals surface area contributed by atoms with Gasteiger partial charge in [-0.2, -0.15) is 8.78 Å². The van der Waals surface area contributed by atoms with Gasteiger partial charge in [-0.05, 0) is 23.8 Å². The quantitative estimate of drug-likeness (QED) is 0.888. The van der Waals surface area contributed by atoms with Crippen LogP contribution in [0.4, 0.5) is 20.3 Å². The Hall–Kier alpha value is -2.70. The summed E-state index contributed by atoms with van der Waals surface area (Å²) in [5.74, 6) is 0.547. The van der Waals surface area contributed by atoms with Crippen molar-refractivity contribution >= 4 is 17.4 Å². The predicted octanol–water partition coefficient (Wildman–Crippen LogP) is 3.22. The molecule has 0 saturated heterocycles. The average Bonchev–Trinajstić information content (AvgIpc) is 2.53. The molecular weight excluding hydrogens is 304 g/mol. The molecule has 2 N–H and O–H groups in total. The number of halogens is 2. The van der Waals surface area contributed by atoms with Gasteiger partial charge in [-0.25, -0.2) is 4.98 Å². The van der Waals surface area contributed by atoms with Crippen molar-refractivity contribution in [1.82, 2.24) is 4.98 Å². The minimum atomic E-state index is -2.87. The molecule has 1 atom stereocenters. The van der Waals surface area contributed by atoms with Gasteiger partial charge in [0.25, 0.3) is 0 Å². The molecule has 1 aromatic heterocycles. The highest BCUT2D eigenvalue weighted by molar-refractivity contribution is 5.94. The van der Waals surface area contributed by atoms with Crippen LogP contribution in [-0.4, -0.2) is 24.0 Å². The third-order valence-corrected chi connectivity index (χ3v) is 3.60. The summed E-state index contributed by atoms with van der Waals surface area (Å²) in [4.78, 5) is 15.8. The molecule has 0 fully saturated rings. The molecular formula is C16H15F2N3O2. The van der Waals surface area contributed by atoms with E-state index in [-0.39, 0.29) is 17.6 Å². The Labute approximate surface area is 131 Å². The number of aromatic nitrogens is 1. The molecule has 23 heavy (non-hydrogen) atoms. The Balaban J connectivity index is 1.65. The van der Waals surface area contributed by atoms with Crippen molar-refractivity contribution < 1.29 is 18.3 Å². The smallest absolute Gasteiger partial charge is 0.387 e. The minimum Gasteiger partial charge on any atom is -0.433 e. The van der Waals surface area contributed by atoms with E-state index in [0.29, 0.717) is 18.8 Å². The number of amides is 1. The van der Waals surface area contributed by atoms with Gasteiger partial charge >= 0.3 is 6.61 Å². The van der Waals surface area contributed by atoms with Crippen LogP contribution >= 0.6 is 0 Å². The van der Waals surface area contributed by atoms with Gasteiger partial charge in [0.15, 0.2) is 0 Å². The number of carbonyl (C=O) groups excluding carboxylic acids is 1. The van der Waals surface area contributed by atoms with Crippen LogP contribution in [0, 0.1) is 0 Å². The highest BCUT2D eigenvalue weighted by Gasteiger charge is 2.24. The summed E-state index contributed by atoms with van der Waals surface area (Å²) in [5, 5.41) is 5.97. The van der Waals surface area contributed by atoms with Crippen LogP contribution in [0.25, 0.3) is 0 Å². The monoisotopic (exact) mass is 319 g/mol. The molecule has 2 aromatic rings. The Morgan fingerprint density at radius 3 is 2.87 bits per heavy atom. The second-order valence-corrected chi connectivity index (χ2v) is 5.18. The van der Waals surface area contributed by atoms with Crippen molar-refractivity contribution in [3.63, 3.8) is 0 Å². The fourth-order valence-corrected chi connectivity index (χ4v) is 2.57. The lowest BCUT2D eigenvalue weighted by Crippen LogP contribution is -2.26. The van der Waals surface area contributed by atoms with Crippen molar-refractivity contribution in [1.29, 1.82) is 0 Å². The SMILES string of the molecule is O=C1CC(CNc2ccc(OC(F)F)cn2)c2ccccc2N1. The number of fused-ring (bicyclic) bond motifs is 1. The van der Waals surface area contributed by atoms with Gasteiger partial charge in [0.2, 0.25) is 5.91 Å². The van der Waals surface area contributed by atoms with Crippen LogP contribution in [0.1, 0.15) is 17.9 Å². The number of carbonyl (C=O) groups is 1. The molecule has 0 saturated carbocycles. The van der Waals surface area contributed by atoms with Gasteiger partial charge in [-0.1, -0.05) is 18.2 Å². The third kappa shape index (κ3) is 3.74. The van der Waals surface area contributed by atoms with E-state index in [1.807, 2.05) is 24.3 Å². The fraction of sp³-hybridized carbons (Fsp3) is 0.250. The molecule has 0 aliphatic carbocycles. The lowest BCUT2D eigenvalue weighted by atomic mass is 9.90. The highest BCUT2D eigenvalue weighted by Crippen LogP contribution is 2.32. The minimum absolute atomic E-state index is 0.00735.